The van der Waals surface area contributed by atoms with Gasteiger partial charge in [-0.1, -0.05) is 12.1 Å². The van der Waals surface area contributed by atoms with Crippen LogP contribution >= 0.6 is 0 Å². The van der Waals surface area contributed by atoms with Gasteiger partial charge in [0.15, 0.2) is 0 Å². The molecule has 3 amide bonds. The molecule has 1 aromatic heterocycles. The molecule has 1 saturated heterocycles. The van der Waals surface area contributed by atoms with E-state index in [4.69, 9.17) is 0 Å². The van der Waals surface area contributed by atoms with Gasteiger partial charge in [0, 0.05) is 25.8 Å². The van der Waals surface area contributed by atoms with E-state index in [1.165, 1.54) is 4.90 Å². The molecule has 1 fully saturated rings. The van der Waals surface area contributed by atoms with Crippen LogP contribution in [0, 0.1) is 0 Å². The Morgan fingerprint density at radius 2 is 1.90 bits per heavy atom. The number of hydrogen-bond donors (Lipinski definition) is 2. The van der Waals surface area contributed by atoms with Gasteiger partial charge in [-0.15, -0.1) is 0 Å². The fourth-order valence-corrected chi connectivity index (χ4v) is 3.85. The van der Waals surface area contributed by atoms with Gasteiger partial charge in [0.25, 0.3) is 17.7 Å². The largest absolute Gasteiger partial charge is 0.351 e. The lowest BCUT2D eigenvalue weighted by Gasteiger charge is -2.22. The van der Waals surface area contributed by atoms with E-state index in [-0.39, 0.29) is 17.7 Å². The van der Waals surface area contributed by atoms with Crippen LogP contribution in [0.3, 0.4) is 0 Å². The molecule has 2 aromatic rings. The third-order valence-corrected chi connectivity index (χ3v) is 5.46. The maximum atomic E-state index is 12.3. The molecule has 3 heterocycles. The summed E-state index contributed by atoms with van der Waals surface area (Å²) in [7, 11) is 0. The molecule has 29 heavy (non-hydrogen) atoms. The van der Waals surface area contributed by atoms with Crippen molar-refractivity contribution in [3.8, 4) is 0 Å². The zero-order valence-electron chi connectivity index (χ0n) is 16.3. The summed E-state index contributed by atoms with van der Waals surface area (Å²) in [5.74, 6) is -0.678. The first kappa shape index (κ1) is 19.3. The molecule has 2 N–H and O–H groups in total. The van der Waals surface area contributed by atoms with E-state index in [1.54, 1.807) is 30.3 Å². The summed E-state index contributed by atoms with van der Waals surface area (Å²) in [5.41, 5.74) is 1.35. The topological polar surface area (TPSA) is 96.3 Å². The summed E-state index contributed by atoms with van der Waals surface area (Å²) in [6, 6.07) is 8.91. The number of carbonyl (C=O) groups is 3. The summed E-state index contributed by atoms with van der Waals surface area (Å²) in [4.78, 5) is 38.2. The van der Waals surface area contributed by atoms with Crippen molar-refractivity contribution >= 4 is 17.7 Å². The van der Waals surface area contributed by atoms with Crippen LogP contribution in [-0.2, 0) is 0 Å². The standard InChI is InChI=1S/C21H25N5O3/c27-19(18-9-13-26(24-18)15-6-5-10-22-14-15)23-11-3-4-12-25-20(28)16-7-1-2-8-17(16)21(25)29/h1-2,7-9,13,15,22H,3-6,10-12,14H2,(H,23,27). The summed E-state index contributed by atoms with van der Waals surface area (Å²) >= 11 is 0. The van der Waals surface area contributed by atoms with Gasteiger partial charge in [-0.2, -0.15) is 5.10 Å². The molecule has 4 rings (SSSR count). The van der Waals surface area contributed by atoms with Crippen molar-refractivity contribution in [2.24, 2.45) is 0 Å². The summed E-state index contributed by atoms with van der Waals surface area (Å²) < 4.78 is 1.86. The van der Waals surface area contributed by atoms with Crippen molar-refractivity contribution in [3.63, 3.8) is 0 Å². The van der Waals surface area contributed by atoms with Crippen LogP contribution in [0.5, 0.6) is 0 Å². The molecule has 0 spiro atoms. The quantitative estimate of drug-likeness (QED) is 0.549. The predicted octanol–water partition coefficient (Wildman–Crippen LogP) is 1.61. The minimum atomic E-state index is -0.239. The first-order chi connectivity index (χ1) is 14.1. The number of imide groups is 1. The Hall–Kier alpha value is -3.00. The lowest BCUT2D eigenvalue weighted by atomic mass is 10.1. The predicted molar refractivity (Wildman–Crippen MR) is 107 cm³/mol. The van der Waals surface area contributed by atoms with Gasteiger partial charge in [-0.3, -0.25) is 24.0 Å². The number of fused-ring (bicyclic) bond motifs is 1. The first-order valence-corrected chi connectivity index (χ1v) is 10.1. The third kappa shape index (κ3) is 4.07. The van der Waals surface area contributed by atoms with Crippen LogP contribution in [0.25, 0.3) is 0 Å². The zero-order valence-corrected chi connectivity index (χ0v) is 16.3. The number of hydrogen-bond acceptors (Lipinski definition) is 5. The summed E-state index contributed by atoms with van der Waals surface area (Å²) in [6.07, 6.45) is 5.34. The highest BCUT2D eigenvalue weighted by Gasteiger charge is 2.34. The molecular weight excluding hydrogens is 370 g/mol. The lowest BCUT2D eigenvalue weighted by Crippen LogP contribution is -2.32. The Kier molecular flexibility index (Phi) is 5.71. The van der Waals surface area contributed by atoms with Gasteiger partial charge in [-0.25, -0.2) is 0 Å². The maximum Gasteiger partial charge on any atom is 0.271 e. The molecule has 0 aliphatic carbocycles. The van der Waals surface area contributed by atoms with Crippen molar-refractivity contribution in [1.82, 2.24) is 25.3 Å². The minimum Gasteiger partial charge on any atom is -0.351 e. The Balaban J connectivity index is 1.20. The second kappa shape index (κ2) is 8.57. The Bertz CT molecular complexity index is 882. The molecule has 1 atom stereocenters. The van der Waals surface area contributed by atoms with Gasteiger partial charge in [0.2, 0.25) is 0 Å². The molecule has 8 heteroatoms. The van der Waals surface area contributed by atoms with Crippen molar-refractivity contribution < 1.29 is 14.4 Å². The number of nitrogens with one attached hydrogen (secondary N) is 2. The minimum absolute atomic E-state index is 0.201. The normalized spacial score (nSPS) is 18.8. The number of benzene rings is 1. The number of nitrogens with zero attached hydrogens (tertiary/aromatic N) is 3. The molecule has 1 unspecified atom stereocenters. The zero-order chi connectivity index (χ0) is 20.2. The van der Waals surface area contributed by atoms with Crippen LogP contribution in [0.2, 0.25) is 0 Å². The average Bonchev–Trinajstić information content (AvgIpc) is 3.34. The SMILES string of the molecule is O=C(NCCCCN1C(=O)c2ccccc2C1=O)c1ccn(C2CCCNC2)n1. The Morgan fingerprint density at radius 3 is 2.59 bits per heavy atom. The highest BCUT2D eigenvalue weighted by molar-refractivity contribution is 6.21. The van der Waals surface area contributed by atoms with E-state index < -0.39 is 0 Å². The molecule has 2 aliphatic heterocycles. The van der Waals surface area contributed by atoms with Crippen molar-refractivity contribution in [3.05, 3.63) is 53.3 Å². The lowest BCUT2D eigenvalue weighted by molar-refractivity contribution is 0.0650. The number of aromatic nitrogens is 2. The fourth-order valence-electron chi connectivity index (χ4n) is 3.85. The van der Waals surface area contributed by atoms with Crippen LogP contribution in [-0.4, -0.2) is 58.6 Å². The Morgan fingerprint density at radius 1 is 1.14 bits per heavy atom. The number of piperidine rings is 1. The molecule has 0 radical (unpaired) electrons. The van der Waals surface area contributed by atoms with Crippen molar-refractivity contribution in [2.75, 3.05) is 26.2 Å². The van der Waals surface area contributed by atoms with Crippen LogP contribution in [0.4, 0.5) is 0 Å². The molecule has 1 aromatic carbocycles. The molecular formula is C21H25N5O3. The van der Waals surface area contributed by atoms with Gasteiger partial charge < -0.3 is 10.6 Å². The van der Waals surface area contributed by atoms with E-state index >= 15 is 0 Å². The van der Waals surface area contributed by atoms with E-state index in [2.05, 4.69) is 15.7 Å². The number of rotatable bonds is 7. The number of amides is 3. The van der Waals surface area contributed by atoms with Gasteiger partial charge >= 0.3 is 0 Å². The van der Waals surface area contributed by atoms with E-state index in [0.717, 1.165) is 25.9 Å². The van der Waals surface area contributed by atoms with Crippen molar-refractivity contribution in [2.45, 2.75) is 31.7 Å². The monoisotopic (exact) mass is 395 g/mol. The summed E-state index contributed by atoms with van der Waals surface area (Å²) in [5, 5.41) is 10.6. The van der Waals surface area contributed by atoms with Gasteiger partial charge in [-0.05, 0) is 50.4 Å². The molecule has 8 nitrogen and oxygen atoms in total. The number of carbonyl (C=O) groups excluding carboxylic acids is 3. The Labute approximate surface area is 169 Å². The second-order valence-corrected chi connectivity index (χ2v) is 7.45. The van der Waals surface area contributed by atoms with Crippen LogP contribution in [0.1, 0.15) is 62.9 Å². The third-order valence-electron chi connectivity index (χ3n) is 5.46. The highest BCUT2D eigenvalue weighted by atomic mass is 16.2. The fraction of sp³-hybridized carbons (Fsp3) is 0.429. The van der Waals surface area contributed by atoms with Crippen LogP contribution in [0.15, 0.2) is 36.5 Å². The van der Waals surface area contributed by atoms with E-state index in [1.807, 2.05) is 10.9 Å². The maximum absolute atomic E-state index is 12.3. The molecule has 152 valence electrons. The second-order valence-electron chi connectivity index (χ2n) is 7.45. The van der Waals surface area contributed by atoms with E-state index in [9.17, 15) is 14.4 Å². The van der Waals surface area contributed by atoms with Gasteiger partial charge in [0.1, 0.15) is 5.69 Å². The summed E-state index contributed by atoms with van der Waals surface area (Å²) in [6.45, 7) is 2.73. The molecule has 2 aliphatic rings. The molecule has 0 bridgehead atoms. The van der Waals surface area contributed by atoms with Gasteiger partial charge in [0.05, 0.1) is 17.2 Å². The smallest absolute Gasteiger partial charge is 0.271 e. The van der Waals surface area contributed by atoms with Crippen molar-refractivity contribution in [1.29, 1.82) is 0 Å². The van der Waals surface area contributed by atoms with Crippen LogP contribution < -0.4 is 10.6 Å². The average molecular weight is 395 g/mol. The first-order valence-electron chi connectivity index (χ1n) is 10.1. The number of unbranched alkanes of at least 4 members (excludes halogenated alkanes) is 1. The highest BCUT2D eigenvalue weighted by Crippen LogP contribution is 2.22. The molecule has 0 saturated carbocycles. The van der Waals surface area contributed by atoms with E-state index in [0.29, 0.717) is 48.8 Å².